The zero-order valence-electron chi connectivity index (χ0n) is 14.0. The first kappa shape index (κ1) is 16.7. The third-order valence-electron chi connectivity index (χ3n) is 4.30. The number of hydrogen-bond donors (Lipinski definition) is 1. The summed E-state index contributed by atoms with van der Waals surface area (Å²) in [7, 11) is 0. The number of nitrogens with zero attached hydrogens (tertiary/aromatic N) is 2. The minimum absolute atomic E-state index is 0.105. The highest BCUT2D eigenvalue weighted by molar-refractivity contribution is 5.28. The number of rotatable bonds is 7. The summed E-state index contributed by atoms with van der Waals surface area (Å²) in [6.45, 7) is 4.03. The maximum Gasteiger partial charge on any atom is 0.250 e. The fourth-order valence-corrected chi connectivity index (χ4v) is 3.08. The number of nitrogens with one attached hydrogen (secondary N) is 1. The van der Waals surface area contributed by atoms with Crippen LogP contribution in [0.2, 0.25) is 0 Å². The van der Waals surface area contributed by atoms with Crippen LogP contribution in [0, 0.1) is 0 Å². The van der Waals surface area contributed by atoms with Crippen LogP contribution in [0.1, 0.15) is 37.1 Å². The Kier molecular flexibility index (Phi) is 6.01. The van der Waals surface area contributed by atoms with Gasteiger partial charge in [-0.25, -0.2) is 4.98 Å². The Labute approximate surface area is 142 Å². The van der Waals surface area contributed by atoms with E-state index in [1.165, 1.54) is 44.0 Å². The molecule has 1 fully saturated rings. The molecule has 1 aliphatic rings. The fourth-order valence-electron chi connectivity index (χ4n) is 3.08. The van der Waals surface area contributed by atoms with E-state index in [2.05, 4.69) is 33.1 Å². The van der Waals surface area contributed by atoms with E-state index in [1.54, 1.807) is 6.20 Å². The Morgan fingerprint density at radius 1 is 1.17 bits per heavy atom. The summed E-state index contributed by atoms with van der Waals surface area (Å²) in [4.78, 5) is 20.6. The van der Waals surface area contributed by atoms with Crippen molar-refractivity contribution in [2.75, 3.05) is 19.7 Å². The van der Waals surface area contributed by atoms with Gasteiger partial charge in [0, 0.05) is 25.2 Å². The van der Waals surface area contributed by atoms with Gasteiger partial charge < -0.3 is 9.72 Å². The Hall–Kier alpha value is -2.14. The van der Waals surface area contributed by atoms with Crippen LogP contribution >= 0.6 is 0 Å². The van der Waals surface area contributed by atoms with Gasteiger partial charge in [-0.15, -0.1) is 0 Å². The molecule has 2 aromatic rings. The molecule has 2 heterocycles. The first-order valence-corrected chi connectivity index (χ1v) is 8.78. The lowest BCUT2D eigenvalue weighted by atomic mass is 10.1. The maximum absolute atomic E-state index is 11.2. The van der Waals surface area contributed by atoms with Gasteiger partial charge in [0.25, 0.3) is 5.56 Å². The van der Waals surface area contributed by atoms with Crippen LogP contribution in [0.3, 0.4) is 0 Å². The Morgan fingerprint density at radius 2 is 2.04 bits per heavy atom. The van der Waals surface area contributed by atoms with Crippen LogP contribution < -0.4 is 10.3 Å². The molecule has 1 saturated heterocycles. The van der Waals surface area contributed by atoms with E-state index in [9.17, 15) is 4.79 Å². The molecule has 0 spiro atoms. The van der Waals surface area contributed by atoms with Gasteiger partial charge in [-0.3, -0.25) is 9.69 Å². The number of likely N-dealkylation sites (tertiary alicyclic amines) is 1. The van der Waals surface area contributed by atoms with Crippen molar-refractivity contribution in [3.63, 3.8) is 0 Å². The van der Waals surface area contributed by atoms with E-state index in [1.807, 2.05) is 6.07 Å². The average Bonchev–Trinajstić information content (AvgIpc) is 2.60. The molecule has 0 atom stereocenters. The molecule has 0 saturated carbocycles. The molecule has 1 aromatic carbocycles. The van der Waals surface area contributed by atoms with Crippen molar-refractivity contribution in [1.82, 2.24) is 14.9 Å². The fraction of sp³-hybridized carbons (Fsp3) is 0.474. The van der Waals surface area contributed by atoms with E-state index >= 15 is 0 Å². The second-order valence-corrected chi connectivity index (χ2v) is 6.32. The molecule has 1 aromatic heterocycles. The first-order valence-electron chi connectivity index (χ1n) is 8.78. The normalized spacial score (nSPS) is 15.3. The van der Waals surface area contributed by atoms with Crippen molar-refractivity contribution in [3.8, 4) is 5.75 Å². The third-order valence-corrected chi connectivity index (χ3v) is 4.30. The van der Waals surface area contributed by atoms with Gasteiger partial charge in [0.2, 0.25) is 0 Å². The number of aromatic nitrogens is 2. The van der Waals surface area contributed by atoms with Gasteiger partial charge >= 0.3 is 0 Å². The molecule has 0 radical (unpaired) electrons. The smallest absolute Gasteiger partial charge is 0.250 e. The molecule has 128 valence electrons. The van der Waals surface area contributed by atoms with Crippen LogP contribution in [0.5, 0.6) is 5.75 Å². The molecule has 0 aliphatic carbocycles. The molecule has 5 heteroatoms. The second-order valence-electron chi connectivity index (χ2n) is 6.32. The molecule has 5 nitrogen and oxygen atoms in total. The van der Waals surface area contributed by atoms with Crippen LogP contribution in [-0.4, -0.2) is 34.6 Å². The SMILES string of the molecule is O=c1ccnc(CCCOc2cccc(CN3CCCCC3)c2)[nH]1. The summed E-state index contributed by atoms with van der Waals surface area (Å²) in [6, 6.07) is 9.79. The summed E-state index contributed by atoms with van der Waals surface area (Å²) in [5.41, 5.74) is 1.20. The molecule has 0 bridgehead atoms. The van der Waals surface area contributed by atoms with Crippen molar-refractivity contribution in [1.29, 1.82) is 0 Å². The van der Waals surface area contributed by atoms with E-state index in [-0.39, 0.29) is 5.56 Å². The van der Waals surface area contributed by atoms with Crippen molar-refractivity contribution < 1.29 is 4.74 Å². The van der Waals surface area contributed by atoms with Crippen molar-refractivity contribution >= 4 is 0 Å². The van der Waals surface area contributed by atoms with Gasteiger partial charge in [-0.2, -0.15) is 0 Å². The summed E-state index contributed by atoms with van der Waals surface area (Å²) in [6.07, 6.45) is 7.06. The zero-order valence-corrected chi connectivity index (χ0v) is 14.0. The van der Waals surface area contributed by atoms with E-state index in [4.69, 9.17) is 4.74 Å². The quantitative estimate of drug-likeness (QED) is 0.795. The molecule has 1 N–H and O–H groups in total. The van der Waals surface area contributed by atoms with Gasteiger partial charge in [0.15, 0.2) is 0 Å². The number of benzene rings is 1. The highest BCUT2D eigenvalue weighted by Crippen LogP contribution is 2.17. The Morgan fingerprint density at radius 3 is 2.88 bits per heavy atom. The van der Waals surface area contributed by atoms with Crippen molar-refractivity contribution in [2.45, 2.75) is 38.6 Å². The number of aryl methyl sites for hydroxylation is 1. The summed E-state index contributed by atoms with van der Waals surface area (Å²) in [5.74, 6) is 1.63. The monoisotopic (exact) mass is 327 g/mol. The van der Waals surface area contributed by atoms with Crippen LogP contribution in [-0.2, 0) is 13.0 Å². The second kappa shape index (κ2) is 8.64. The lowest BCUT2D eigenvalue weighted by Crippen LogP contribution is -2.29. The van der Waals surface area contributed by atoms with Gasteiger partial charge in [0.05, 0.1) is 6.61 Å². The van der Waals surface area contributed by atoms with Crippen LogP contribution in [0.15, 0.2) is 41.3 Å². The lowest BCUT2D eigenvalue weighted by molar-refractivity contribution is 0.220. The van der Waals surface area contributed by atoms with Gasteiger partial charge in [-0.05, 0) is 50.0 Å². The summed E-state index contributed by atoms with van der Waals surface area (Å²) < 4.78 is 5.85. The highest BCUT2D eigenvalue weighted by atomic mass is 16.5. The minimum Gasteiger partial charge on any atom is -0.494 e. The number of H-pyrrole nitrogens is 1. The number of aromatic amines is 1. The number of piperidine rings is 1. The van der Waals surface area contributed by atoms with Crippen LogP contribution in [0.25, 0.3) is 0 Å². The van der Waals surface area contributed by atoms with Gasteiger partial charge in [-0.1, -0.05) is 18.6 Å². The molecule has 1 aliphatic heterocycles. The summed E-state index contributed by atoms with van der Waals surface area (Å²) >= 11 is 0. The van der Waals surface area contributed by atoms with Crippen LogP contribution in [0.4, 0.5) is 0 Å². The van der Waals surface area contributed by atoms with E-state index in [0.29, 0.717) is 18.9 Å². The topological polar surface area (TPSA) is 58.2 Å². The lowest BCUT2D eigenvalue weighted by Gasteiger charge is -2.26. The Bertz CT molecular complexity index is 693. The molecular weight excluding hydrogens is 302 g/mol. The molecule has 0 unspecified atom stereocenters. The van der Waals surface area contributed by atoms with Crippen molar-refractivity contribution in [3.05, 3.63) is 58.3 Å². The van der Waals surface area contributed by atoms with E-state index < -0.39 is 0 Å². The number of ether oxygens (including phenoxy) is 1. The average molecular weight is 327 g/mol. The minimum atomic E-state index is -0.105. The molecule has 3 rings (SSSR count). The van der Waals surface area contributed by atoms with Gasteiger partial charge in [0.1, 0.15) is 11.6 Å². The Balaban J connectivity index is 1.45. The molecule has 0 amide bonds. The van der Waals surface area contributed by atoms with E-state index in [0.717, 1.165) is 18.7 Å². The number of hydrogen-bond acceptors (Lipinski definition) is 4. The summed E-state index contributed by atoms with van der Waals surface area (Å²) in [5, 5.41) is 0. The molecule has 24 heavy (non-hydrogen) atoms. The maximum atomic E-state index is 11.2. The highest BCUT2D eigenvalue weighted by Gasteiger charge is 2.10. The standard InChI is InChI=1S/C19H25N3O2/c23-19-9-10-20-18(21-19)8-5-13-24-17-7-4-6-16(14-17)15-22-11-2-1-3-12-22/h4,6-7,9-10,14H,1-3,5,8,11-13,15H2,(H,20,21,23). The predicted octanol–water partition coefficient (Wildman–Crippen LogP) is 2.77. The van der Waals surface area contributed by atoms with Crippen molar-refractivity contribution in [2.24, 2.45) is 0 Å². The third kappa shape index (κ3) is 5.20. The molecular formula is C19H25N3O2. The largest absolute Gasteiger partial charge is 0.494 e. The zero-order chi connectivity index (χ0) is 16.6. The first-order chi connectivity index (χ1) is 11.8. The predicted molar refractivity (Wildman–Crippen MR) is 94.2 cm³/mol.